The molecule has 0 saturated carbocycles. The van der Waals surface area contributed by atoms with E-state index < -0.39 is 23.4 Å². The smallest absolute Gasteiger partial charge is 0.338 e. The van der Waals surface area contributed by atoms with E-state index in [1.165, 1.54) is 24.4 Å². The Hall–Kier alpha value is -3.74. The summed E-state index contributed by atoms with van der Waals surface area (Å²) in [6, 6.07) is 15.5. The van der Waals surface area contributed by atoms with Crippen molar-refractivity contribution in [2.75, 3.05) is 0 Å². The molecular weight excluding hydrogens is 411 g/mol. The highest BCUT2D eigenvalue weighted by Gasteiger charge is 2.30. The lowest BCUT2D eigenvalue weighted by Gasteiger charge is -2.09. The van der Waals surface area contributed by atoms with E-state index in [-0.39, 0.29) is 5.56 Å². The Labute approximate surface area is 174 Å². The van der Waals surface area contributed by atoms with E-state index in [1.807, 2.05) is 0 Å². The van der Waals surface area contributed by atoms with E-state index in [0.29, 0.717) is 22.6 Å². The molecule has 1 aromatic heterocycles. The number of aromatic amines is 1. The maximum atomic E-state index is 13.9. The predicted molar refractivity (Wildman–Crippen MR) is 110 cm³/mol. The van der Waals surface area contributed by atoms with Crippen LogP contribution in [0.4, 0.5) is 22.0 Å². The molecule has 4 rings (SSSR count). The van der Waals surface area contributed by atoms with Crippen LogP contribution in [-0.4, -0.2) is 9.97 Å². The van der Waals surface area contributed by atoms with Crippen LogP contribution < -0.4 is 0 Å². The highest BCUT2D eigenvalue weighted by atomic mass is 19.4. The third-order valence-corrected chi connectivity index (χ3v) is 4.68. The van der Waals surface area contributed by atoms with Gasteiger partial charge in [-0.25, -0.2) is 13.8 Å². The summed E-state index contributed by atoms with van der Waals surface area (Å²) < 4.78 is 65.7. The molecule has 3 aromatic carbocycles. The van der Waals surface area contributed by atoms with Crippen molar-refractivity contribution in [1.82, 2.24) is 9.97 Å². The molecule has 2 nitrogen and oxygen atoms in total. The molecule has 0 saturated heterocycles. The van der Waals surface area contributed by atoms with Crippen molar-refractivity contribution in [2.24, 2.45) is 0 Å². The molecule has 0 spiro atoms. The van der Waals surface area contributed by atoms with E-state index in [0.717, 1.165) is 23.8 Å². The molecule has 0 bridgehead atoms. The number of hydrogen-bond acceptors (Lipinski definition) is 1. The van der Waals surface area contributed by atoms with Crippen molar-refractivity contribution in [1.29, 1.82) is 0 Å². The van der Waals surface area contributed by atoms with Crippen molar-refractivity contribution in [3.63, 3.8) is 0 Å². The molecule has 31 heavy (non-hydrogen) atoms. The molecule has 0 atom stereocenters. The zero-order valence-corrected chi connectivity index (χ0v) is 15.9. The van der Waals surface area contributed by atoms with Crippen LogP contribution in [-0.2, 0) is 6.18 Å². The van der Waals surface area contributed by atoms with E-state index in [9.17, 15) is 22.0 Å². The van der Waals surface area contributed by atoms with Gasteiger partial charge in [0, 0.05) is 11.6 Å². The number of hydrogen-bond donors (Lipinski definition) is 1. The molecule has 4 aromatic rings. The van der Waals surface area contributed by atoms with Gasteiger partial charge in [-0.3, -0.25) is 0 Å². The van der Waals surface area contributed by atoms with E-state index in [4.69, 9.17) is 0 Å². The minimum atomic E-state index is -4.39. The molecule has 0 aliphatic heterocycles. The highest BCUT2D eigenvalue weighted by Crippen LogP contribution is 2.32. The second kappa shape index (κ2) is 8.18. The van der Waals surface area contributed by atoms with Crippen molar-refractivity contribution < 1.29 is 22.0 Å². The van der Waals surface area contributed by atoms with Gasteiger partial charge < -0.3 is 4.98 Å². The first-order chi connectivity index (χ1) is 14.8. The summed E-state index contributed by atoms with van der Waals surface area (Å²) in [6.45, 7) is 0. The Morgan fingerprint density at radius 1 is 0.806 bits per heavy atom. The maximum absolute atomic E-state index is 13.9. The Morgan fingerprint density at radius 2 is 1.58 bits per heavy atom. The summed E-state index contributed by atoms with van der Waals surface area (Å²) in [4.78, 5) is 7.11. The normalized spacial score (nSPS) is 11.9. The average molecular weight is 426 g/mol. The summed E-state index contributed by atoms with van der Waals surface area (Å²) >= 11 is 0. The lowest BCUT2D eigenvalue weighted by Crippen LogP contribution is -2.04. The van der Waals surface area contributed by atoms with Crippen LogP contribution >= 0.6 is 0 Å². The quantitative estimate of drug-likeness (QED) is 0.343. The molecule has 156 valence electrons. The van der Waals surface area contributed by atoms with Crippen molar-refractivity contribution in [3.8, 4) is 22.4 Å². The highest BCUT2D eigenvalue weighted by molar-refractivity contribution is 5.71. The Balaban J connectivity index is 1.50. The van der Waals surface area contributed by atoms with Gasteiger partial charge in [-0.1, -0.05) is 42.5 Å². The van der Waals surface area contributed by atoms with Crippen LogP contribution in [0.1, 0.15) is 17.0 Å². The number of nitrogens with zero attached hydrogens (tertiary/aromatic N) is 1. The lowest BCUT2D eigenvalue weighted by atomic mass is 10.0. The molecule has 0 aliphatic carbocycles. The summed E-state index contributed by atoms with van der Waals surface area (Å²) in [5.41, 5.74) is 1.87. The first-order valence-electron chi connectivity index (χ1n) is 9.26. The average Bonchev–Trinajstić information content (AvgIpc) is 3.21. The SMILES string of the molecule is Fc1ccc(-c2cnc(C=Cc3ccc(-c4cccc(C(F)(F)F)c4)cc3)[nH]2)c(F)c1. The molecule has 1 heterocycles. The Morgan fingerprint density at radius 3 is 2.29 bits per heavy atom. The number of benzene rings is 3. The number of nitrogens with one attached hydrogen (secondary N) is 1. The van der Waals surface area contributed by atoms with Gasteiger partial charge in [0.05, 0.1) is 17.5 Å². The number of imidazole rings is 1. The van der Waals surface area contributed by atoms with Gasteiger partial charge in [0.1, 0.15) is 17.5 Å². The van der Waals surface area contributed by atoms with E-state index in [2.05, 4.69) is 9.97 Å². The van der Waals surface area contributed by atoms with E-state index in [1.54, 1.807) is 42.5 Å². The van der Waals surface area contributed by atoms with Gasteiger partial charge in [0.15, 0.2) is 0 Å². The number of aromatic nitrogens is 2. The van der Waals surface area contributed by atoms with Crippen LogP contribution in [0.5, 0.6) is 0 Å². The van der Waals surface area contributed by atoms with Gasteiger partial charge in [0.2, 0.25) is 0 Å². The molecule has 1 N–H and O–H groups in total. The van der Waals surface area contributed by atoms with E-state index >= 15 is 0 Å². The van der Waals surface area contributed by atoms with Crippen molar-refractivity contribution in [3.05, 3.63) is 102 Å². The molecule has 7 heteroatoms. The van der Waals surface area contributed by atoms with Gasteiger partial charge in [-0.05, 0) is 47.0 Å². The molecule has 0 fully saturated rings. The summed E-state index contributed by atoms with van der Waals surface area (Å²) in [5, 5.41) is 0. The lowest BCUT2D eigenvalue weighted by molar-refractivity contribution is -0.137. The molecule has 0 aliphatic rings. The van der Waals surface area contributed by atoms with Crippen LogP contribution in [0, 0.1) is 11.6 Å². The second-order valence-electron chi connectivity index (χ2n) is 6.84. The number of H-pyrrole nitrogens is 1. The van der Waals surface area contributed by atoms with Gasteiger partial charge in [0.25, 0.3) is 0 Å². The van der Waals surface area contributed by atoms with Crippen LogP contribution in [0.15, 0.2) is 72.9 Å². The van der Waals surface area contributed by atoms with Gasteiger partial charge in [-0.2, -0.15) is 13.2 Å². The van der Waals surface area contributed by atoms with Crippen molar-refractivity contribution in [2.45, 2.75) is 6.18 Å². The Bertz CT molecular complexity index is 1240. The summed E-state index contributed by atoms with van der Waals surface area (Å²) in [5.74, 6) is -0.875. The number of halogens is 5. The van der Waals surface area contributed by atoms with Crippen LogP contribution in [0.3, 0.4) is 0 Å². The molecule has 0 amide bonds. The molecular formula is C24H15F5N2. The maximum Gasteiger partial charge on any atom is 0.416 e. The molecule has 0 unspecified atom stereocenters. The first-order valence-corrected chi connectivity index (χ1v) is 9.26. The fourth-order valence-corrected chi connectivity index (χ4v) is 3.10. The first kappa shape index (κ1) is 20.5. The molecule has 0 radical (unpaired) electrons. The minimum Gasteiger partial charge on any atom is -0.338 e. The van der Waals surface area contributed by atoms with Crippen LogP contribution in [0.2, 0.25) is 0 Å². The second-order valence-corrected chi connectivity index (χ2v) is 6.84. The monoisotopic (exact) mass is 426 g/mol. The van der Waals surface area contributed by atoms with Gasteiger partial charge >= 0.3 is 6.18 Å². The fourth-order valence-electron chi connectivity index (χ4n) is 3.10. The summed E-state index contributed by atoms with van der Waals surface area (Å²) in [7, 11) is 0. The topological polar surface area (TPSA) is 28.7 Å². The third kappa shape index (κ3) is 4.71. The predicted octanol–water partition coefficient (Wildman–Crippen LogP) is 7.21. The number of rotatable bonds is 4. The standard InChI is InChI=1S/C24H15F5N2/c25-19-9-10-20(21(26)13-19)22-14-30-23(31-22)11-6-15-4-7-16(8-5-15)17-2-1-3-18(12-17)24(27,28)29/h1-14H,(H,30,31). The fraction of sp³-hybridized carbons (Fsp3) is 0.0417. The van der Waals surface area contributed by atoms with Gasteiger partial charge in [-0.15, -0.1) is 0 Å². The zero-order valence-electron chi connectivity index (χ0n) is 15.9. The van der Waals surface area contributed by atoms with Crippen molar-refractivity contribution >= 4 is 12.2 Å². The third-order valence-electron chi connectivity index (χ3n) is 4.68. The largest absolute Gasteiger partial charge is 0.416 e. The minimum absolute atomic E-state index is 0.207. The zero-order chi connectivity index (χ0) is 22.0. The Kier molecular flexibility index (Phi) is 5.42. The number of alkyl halides is 3. The van der Waals surface area contributed by atoms with Crippen LogP contribution in [0.25, 0.3) is 34.5 Å². The summed E-state index contributed by atoms with van der Waals surface area (Å²) in [6.07, 6.45) is 0.508.